The van der Waals surface area contributed by atoms with Crippen LogP contribution in [0.2, 0.25) is 5.02 Å². The molecule has 3 rings (SSSR count). The fourth-order valence-corrected chi connectivity index (χ4v) is 5.32. The summed E-state index contributed by atoms with van der Waals surface area (Å²) in [4.78, 5) is 31.2. The van der Waals surface area contributed by atoms with Gasteiger partial charge in [0.2, 0.25) is 11.8 Å². The molecule has 2 heterocycles. The number of unbranched alkanes of at least 4 members (excludes halogenated alkanes) is 4. The van der Waals surface area contributed by atoms with Gasteiger partial charge >= 0.3 is 0 Å². The van der Waals surface area contributed by atoms with E-state index in [4.69, 9.17) is 11.6 Å². The Hall–Kier alpha value is -2.11. The summed E-state index contributed by atoms with van der Waals surface area (Å²) in [5.41, 5.74) is 2.22. The number of carbonyl (C=O) groups is 2. The molecule has 0 saturated carbocycles. The first-order valence-electron chi connectivity index (χ1n) is 11.5. The van der Waals surface area contributed by atoms with Crippen molar-refractivity contribution in [1.29, 1.82) is 0 Å². The number of benzene rings is 1. The van der Waals surface area contributed by atoms with Crippen molar-refractivity contribution in [2.24, 2.45) is 0 Å². The van der Waals surface area contributed by atoms with Crippen molar-refractivity contribution in [2.75, 3.05) is 19.6 Å². The third kappa shape index (κ3) is 6.23. The number of thiophene rings is 1. The van der Waals surface area contributed by atoms with Gasteiger partial charge < -0.3 is 9.80 Å². The average Bonchev–Trinajstić information content (AvgIpc) is 3.27. The molecule has 1 aliphatic rings. The standard InChI is InChI=1S/C26H33ClN2O2S/c1-3-5-6-7-8-9-24(30)28(16-4-2)19-25(31)29-17-14-23-22(15-18-32-23)26(29)20-10-12-21(27)13-11-20/h4,10-13,15,18,26H,2-3,5-9,14,16-17,19H2,1H3. The third-order valence-electron chi connectivity index (χ3n) is 5.99. The Kier molecular flexibility index (Phi) is 9.36. The summed E-state index contributed by atoms with van der Waals surface area (Å²) >= 11 is 7.85. The van der Waals surface area contributed by atoms with Gasteiger partial charge in [0.05, 0.1) is 6.04 Å². The van der Waals surface area contributed by atoms with Crippen molar-refractivity contribution in [1.82, 2.24) is 9.80 Å². The molecule has 0 fully saturated rings. The predicted molar refractivity (Wildman–Crippen MR) is 133 cm³/mol. The Morgan fingerprint density at radius 3 is 2.66 bits per heavy atom. The molecule has 2 amide bonds. The Morgan fingerprint density at radius 1 is 1.19 bits per heavy atom. The molecule has 0 saturated heterocycles. The number of rotatable bonds is 11. The van der Waals surface area contributed by atoms with Gasteiger partial charge in [-0.25, -0.2) is 0 Å². The molecule has 0 radical (unpaired) electrons. The quantitative estimate of drug-likeness (QED) is 0.286. The van der Waals surface area contributed by atoms with E-state index in [0.29, 0.717) is 24.5 Å². The van der Waals surface area contributed by atoms with E-state index < -0.39 is 0 Å². The highest BCUT2D eigenvalue weighted by Gasteiger charge is 2.33. The van der Waals surface area contributed by atoms with Crippen LogP contribution in [0.4, 0.5) is 0 Å². The molecule has 2 aromatic rings. The summed E-state index contributed by atoms with van der Waals surface area (Å²) in [5.74, 6) is 0.00834. The van der Waals surface area contributed by atoms with E-state index in [0.717, 1.165) is 31.2 Å². The lowest BCUT2D eigenvalue weighted by molar-refractivity contribution is -0.141. The van der Waals surface area contributed by atoms with Gasteiger partial charge in [-0.05, 0) is 47.5 Å². The molecule has 172 valence electrons. The first-order chi connectivity index (χ1) is 15.5. The molecule has 1 aromatic heterocycles. The van der Waals surface area contributed by atoms with Crippen LogP contribution >= 0.6 is 22.9 Å². The monoisotopic (exact) mass is 472 g/mol. The minimum absolute atomic E-state index is 0.0250. The number of hydrogen-bond acceptors (Lipinski definition) is 3. The number of hydrogen-bond donors (Lipinski definition) is 0. The van der Waals surface area contributed by atoms with Gasteiger partial charge in [-0.3, -0.25) is 9.59 Å². The SMILES string of the molecule is C=CCN(CC(=O)N1CCc2sccc2C1c1ccc(Cl)cc1)C(=O)CCCCCCC. The molecule has 1 unspecified atom stereocenters. The first-order valence-corrected chi connectivity index (χ1v) is 12.8. The molecule has 0 N–H and O–H groups in total. The Balaban J connectivity index is 1.72. The molecule has 0 bridgehead atoms. The molecular formula is C26H33ClN2O2S. The van der Waals surface area contributed by atoms with E-state index >= 15 is 0 Å². The van der Waals surface area contributed by atoms with Gasteiger partial charge in [-0.15, -0.1) is 17.9 Å². The molecule has 32 heavy (non-hydrogen) atoms. The lowest BCUT2D eigenvalue weighted by Crippen LogP contribution is -2.46. The Bertz CT molecular complexity index is 909. The van der Waals surface area contributed by atoms with Crippen LogP contribution in [0.5, 0.6) is 0 Å². The maximum Gasteiger partial charge on any atom is 0.243 e. The average molecular weight is 473 g/mol. The van der Waals surface area contributed by atoms with Crippen LogP contribution in [0.25, 0.3) is 0 Å². The third-order valence-corrected chi connectivity index (χ3v) is 7.24. The van der Waals surface area contributed by atoms with Crippen molar-refractivity contribution >= 4 is 34.8 Å². The smallest absolute Gasteiger partial charge is 0.243 e. The van der Waals surface area contributed by atoms with Crippen LogP contribution in [0.3, 0.4) is 0 Å². The molecule has 4 nitrogen and oxygen atoms in total. The van der Waals surface area contributed by atoms with Gasteiger partial charge in [0, 0.05) is 29.4 Å². The van der Waals surface area contributed by atoms with E-state index in [1.54, 1.807) is 22.3 Å². The van der Waals surface area contributed by atoms with E-state index in [9.17, 15) is 9.59 Å². The van der Waals surface area contributed by atoms with Gasteiger partial charge in [-0.1, -0.05) is 62.4 Å². The second-order valence-corrected chi connectivity index (χ2v) is 9.75. The van der Waals surface area contributed by atoms with E-state index in [1.807, 2.05) is 29.2 Å². The van der Waals surface area contributed by atoms with Crippen LogP contribution in [0.15, 0.2) is 48.4 Å². The predicted octanol–water partition coefficient (Wildman–Crippen LogP) is 6.25. The fourth-order valence-electron chi connectivity index (χ4n) is 4.29. The van der Waals surface area contributed by atoms with Crippen molar-refractivity contribution in [3.05, 3.63) is 69.4 Å². The zero-order valence-corrected chi connectivity index (χ0v) is 20.5. The highest BCUT2D eigenvalue weighted by Crippen LogP contribution is 2.38. The van der Waals surface area contributed by atoms with Crippen molar-refractivity contribution < 1.29 is 9.59 Å². The Labute approximate surface area is 200 Å². The van der Waals surface area contributed by atoms with Crippen molar-refractivity contribution in [2.45, 2.75) is 57.9 Å². The number of carbonyl (C=O) groups excluding carboxylic acids is 2. The van der Waals surface area contributed by atoms with E-state index in [-0.39, 0.29) is 24.4 Å². The molecule has 6 heteroatoms. The van der Waals surface area contributed by atoms with Gasteiger partial charge in [0.25, 0.3) is 0 Å². The summed E-state index contributed by atoms with van der Waals surface area (Å²) in [7, 11) is 0. The van der Waals surface area contributed by atoms with Gasteiger partial charge in [0.15, 0.2) is 0 Å². The summed E-state index contributed by atoms with van der Waals surface area (Å²) in [6.07, 6.45) is 8.50. The van der Waals surface area contributed by atoms with Crippen LogP contribution in [0.1, 0.15) is 67.5 Å². The minimum Gasteiger partial charge on any atom is -0.330 e. The lowest BCUT2D eigenvalue weighted by atomic mass is 9.93. The first kappa shape index (κ1) is 24.5. The highest BCUT2D eigenvalue weighted by molar-refractivity contribution is 7.10. The number of halogens is 1. The summed E-state index contributed by atoms with van der Waals surface area (Å²) in [6.45, 7) is 7.09. The highest BCUT2D eigenvalue weighted by atomic mass is 35.5. The number of amides is 2. The van der Waals surface area contributed by atoms with E-state index in [1.165, 1.54) is 23.3 Å². The summed E-state index contributed by atoms with van der Waals surface area (Å²) < 4.78 is 0. The van der Waals surface area contributed by atoms with Crippen LogP contribution in [-0.4, -0.2) is 41.2 Å². The molecule has 0 spiro atoms. The van der Waals surface area contributed by atoms with Gasteiger partial charge in [0.1, 0.15) is 6.54 Å². The second kappa shape index (κ2) is 12.2. The zero-order chi connectivity index (χ0) is 22.9. The van der Waals surface area contributed by atoms with Gasteiger partial charge in [-0.2, -0.15) is 0 Å². The zero-order valence-electron chi connectivity index (χ0n) is 18.9. The number of nitrogens with zero attached hydrogens (tertiary/aromatic N) is 2. The second-order valence-electron chi connectivity index (χ2n) is 8.32. The maximum atomic E-state index is 13.5. The van der Waals surface area contributed by atoms with Crippen molar-refractivity contribution in [3.8, 4) is 0 Å². The van der Waals surface area contributed by atoms with E-state index in [2.05, 4.69) is 24.9 Å². The molecule has 0 aliphatic carbocycles. The molecule has 1 atom stereocenters. The topological polar surface area (TPSA) is 40.6 Å². The molecule has 1 aromatic carbocycles. The Morgan fingerprint density at radius 2 is 1.94 bits per heavy atom. The van der Waals surface area contributed by atoms with Crippen molar-refractivity contribution in [3.63, 3.8) is 0 Å². The normalized spacial score (nSPS) is 15.3. The minimum atomic E-state index is -0.149. The fraction of sp³-hybridized carbons (Fsp3) is 0.462. The summed E-state index contributed by atoms with van der Waals surface area (Å²) in [5, 5.41) is 2.77. The summed E-state index contributed by atoms with van der Waals surface area (Å²) in [6, 6.07) is 9.68. The lowest BCUT2D eigenvalue weighted by Gasteiger charge is -2.37. The number of fused-ring (bicyclic) bond motifs is 1. The largest absolute Gasteiger partial charge is 0.330 e. The van der Waals surface area contributed by atoms with Crippen LogP contribution in [0, 0.1) is 0 Å². The molecule has 1 aliphatic heterocycles. The van der Waals surface area contributed by atoms with Crippen LogP contribution in [-0.2, 0) is 16.0 Å². The molecular weight excluding hydrogens is 440 g/mol. The maximum absolute atomic E-state index is 13.5. The van der Waals surface area contributed by atoms with Crippen LogP contribution < -0.4 is 0 Å².